The van der Waals surface area contributed by atoms with Crippen molar-refractivity contribution in [3.63, 3.8) is 0 Å². The van der Waals surface area contributed by atoms with Gasteiger partial charge in [0.05, 0.1) is 5.69 Å². The Hall–Kier alpha value is -0.450. The molecule has 1 aliphatic heterocycles. The Kier molecular flexibility index (Phi) is 4.20. The fraction of sp³-hybridized carbons (Fsp3) is 0.800. The molecule has 0 radical (unpaired) electrons. The Labute approximate surface area is 120 Å². The molecule has 0 aromatic carbocycles. The first kappa shape index (κ1) is 13.5. The molecule has 0 bridgehead atoms. The molecule has 106 valence electrons. The van der Waals surface area contributed by atoms with E-state index in [1.165, 1.54) is 42.9 Å². The lowest BCUT2D eigenvalue weighted by Crippen LogP contribution is -2.40. The monoisotopic (exact) mass is 279 g/mol. The predicted molar refractivity (Wildman–Crippen MR) is 80.2 cm³/mol. The van der Waals surface area contributed by atoms with Crippen molar-refractivity contribution in [3.05, 3.63) is 16.1 Å². The van der Waals surface area contributed by atoms with Crippen LogP contribution in [0.4, 0.5) is 0 Å². The molecule has 1 aromatic rings. The molecule has 3 rings (SSSR count). The van der Waals surface area contributed by atoms with Crippen LogP contribution in [0.2, 0.25) is 0 Å². The van der Waals surface area contributed by atoms with Gasteiger partial charge in [-0.05, 0) is 38.5 Å². The highest BCUT2D eigenvalue weighted by Gasteiger charge is 2.24. The van der Waals surface area contributed by atoms with Crippen LogP contribution in [0.1, 0.15) is 50.2 Å². The minimum absolute atomic E-state index is 0.714. The van der Waals surface area contributed by atoms with E-state index in [-0.39, 0.29) is 0 Å². The summed E-state index contributed by atoms with van der Waals surface area (Å²) in [6.07, 6.45) is 5.41. The summed E-state index contributed by atoms with van der Waals surface area (Å²) in [5.74, 6) is 0.839. The first-order chi connectivity index (χ1) is 9.20. The molecule has 2 aliphatic rings. The van der Waals surface area contributed by atoms with E-state index in [1.807, 2.05) is 11.3 Å². The fourth-order valence-corrected chi connectivity index (χ4v) is 3.57. The smallest absolute Gasteiger partial charge is 0.107 e. The van der Waals surface area contributed by atoms with Crippen LogP contribution in [0.25, 0.3) is 0 Å². The summed E-state index contributed by atoms with van der Waals surface area (Å²) in [7, 11) is 0. The third-order valence-electron chi connectivity index (χ3n) is 4.33. The molecule has 2 unspecified atom stereocenters. The second kappa shape index (κ2) is 5.90. The maximum absolute atomic E-state index is 4.78. The lowest BCUT2D eigenvalue weighted by atomic mass is 9.95. The van der Waals surface area contributed by atoms with Crippen LogP contribution in [0, 0.1) is 5.92 Å². The lowest BCUT2D eigenvalue weighted by molar-refractivity contribution is 0.116. The Balaban J connectivity index is 1.53. The van der Waals surface area contributed by atoms with Gasteiger partial charge in [0.15, 0.2) is 0 Å². The van der Waals surface area contributed by atoms with Crippen molar-refractivity contribution in [2.75, 3.05) is 6.54 Å². The summed E-state index contributed by atoms with van der Waals surface area (Å²) in [6, 6.07) is 1.49. The van der Waals surface area contributed by atoms with E-state index in [0.29, 0.717) is 6.04 Å². The van der Waals surface area contributed by atoms with Crippen molar-refractivity contribution in [1.29, 1.82) is 0 Å². The highest BCUT2D eigenvalue weighted by molar-refractivity contribution is 7.09. The molecule has 1 aliphatic carbocycles. The molecule has 0 amide bonds. The van der Waals surface area contributed by atoms with Gasteiger partial charge in [0, 0.05) is 37.1 Å². The van der Waals surface area contributed by atoms with Gasteiger partial charge in [-0.3, -0.25) is 4.90 Å². The van der Waals surface area contributed by atoms with Gasteiger partial charge in [-0.25, -0.2) is 4.98 Å². The van der Waals surface area contributed by atoms with E-state index in [1.54, 1.807) is 0 Å². The molecule has 1 saturated heterocycles. The van der Waals surface area contributed by atoms with E-state index in [2.05, 4.69) is 29.4 Å². The molecular weight excluding hydrogens is 254 g/mol. The van der Waals surface area contributed by atoms with Gasteiger partial charge < -0.3 is 5.32 Å². The molecule has 1 aromatic heterocycles. The summed E-state index contributed by atoms with van der Waals surface area (Å²) in [5.41, 5.74) is 1.26. The van der Waals surface area contributed by atoms with E-state index in [4.69, 9.17) is 4.98 Å². The molecule has 3 nitrogen and oxygen atoms in total. The number of piperidine rings is 1. The molecular formula is C15H25N3S. The normalized spacial score (nSPS) is 28.7. The van der Waals surface area contributed by atoms with Crippen LogP contribution in [-0.4, -0.2) is 28.5 Å². The number of hydrogen-bond donors (Lipinski definition) is 1. The average Bonchev–Trinajstić information content (AvgIpc) is 3.12. The maximum atomic E-state index is 4.78. The maximum Gasteiger partial charge on any atom is 0.107 e. The Morgan fingerprint density at radius 2 is 2.16 bits per heavy atom. The number of hydrogen-bond acceptors (Lipinski definition) is 4. The second-order valence-electron chi connectivity index (χ2n) is 6.35. The van der Waals surface area contributed by atoms with Crippen LogP contribution in [0.3, 0.4) is 0 Å². The van der Waals surface area contributed by atoms with Crippen molar-refractivity contribution in [2.45, 2.75) is 64.7 Å². The van der Waals surface area contributed by atoms with Crippen molar-refractivity contribution < 1.29 is 0 Å². The quantitative estimate of drug-likeness (QED) is 0.898. The van der Waals surface area contributed by atoms with Gasteiger partial charge in [0.2, 0.25) is 0 Å². The van der Waals surface area contributed by atoms with Crippen molar-refractivity contribution in [1.82, 2.24) is 15.2 Å². The zero-order valence-corrected chi connectivity index (χ0v) is 12.9. The van der Waals surface area contributed by atoms with E-state index >= 15 is 0 Å². The molecule has 1 N–H and O–H groups in total. The third kappa shape index (κ3) is 3.77. The number of thiazole rings is 1. The van der Waals surface area contributed by atoms with Crippen LogP contribution in [0.5, 0.6) is 0 Å². The summed E-state index contributed by atoms with van der Waals surface area (Å²) in [4.78, 5) is 7.38. The molecule has 19 heavy (non-hydrogen) atoms. The van der Waals surface area contributed by atoms with Crippen LogP contribution < -0.4 is 5.32 Å². The molecule has 1 saturated carbocycles. The number of nitrogens with one attached hydrogen (secondary N) is 1. The zero-order chi connectivity index (χ0) is 13.2. The summed E-state index contributed by atoms with van der Waals surface area (Å²) in [6.45, 7) is 7.94. The summed E-state index contributed by atoms with van der Waals surface area (Å²) < 4.78 is 0. The Bertz CT molecular complexity index is 413. The van der Waals surface area contributed by atoms with Gasteiger partial charge in [-0.1, -0.05) is 6.92 Å². The number of rotatable bonds is 5. The first-order valence-corrected chi connectivity index (χ1v) is 8.49. The van der Waals surface area contributed by atoms with E-state index in [9.17, 15) is 0 Å². The predicted octanol–water partition coefficient (Wildman–Crippen LogP) is 3.02. The molecule has 2 fully saturated rings. The van der Waals surface area contributed by atoms with Gasteiger partial charge in [0.25, 0.3) is 0 Å². The molecule has 2 heterocycles. The summed E-state index contributed by atoms with van der Waals surface area (Å²) >= 11 is 1.81. The first-order valence-electron chi connectivity index (χ1n) is 7.61. The van der Waals surface area contributed by atoms with Gasteiger partial charge in [-0.15, -0.1) is 11.3 Å². The lowest BCUT2D eigenvalue weighted by Gasteiger charge is -2.36. The highest BCUT2D eigenvalue weighted by atomic mass is 32.1. The van der Waals surface area contributed by atoms with Crippen molar-refractivity contribution >= 4 is 11.3 Å². The van der Waals surface area contributed by atoms with Gasteiger partial charge in [-0.2, -0.15) is 0 Å². The zero-order valence-electron chi connectivity index (χ0n) is 12.1. The molecule has 0 spiro atoms. The fourth-order valence-electron chi connectivity index (χ4n) is 2.83. The number of aromatic nitrogens is 1. The van der Waals surface area contributed by atoms with Crippen molar-refractivity contribution in [3.8, 4) is 0 Å². The largest absolute Gasteiger partial charge is 0.308 e. The minimum atomic E-state index is 0.714. The standard InChI is InChI=1S/C15H25N3S/c1-11-3-4-12(2)18(8-11)9-14-10-19-15(17-14)7-16-13-5-6-13/h10-13,16H,3-9H2,1-2H3. The SMILES string of the molecule is CC1CCC(C)N(Cc2csc(CNC3CC3)n2)C1. The van der Waals surface area contributed by atoms with Crippen molar-refractivity contribution in [2.24, 2.45) is 5.92 Å². The Morgan fingerprint density at radius 3 is 2.95 bits per heavy atom. The average molecular weight is 279 g/mol. The molecule has 2 atom stereocenters. The minimum Gasteiger partial charge on any atom is -0.308 e. The topological polar surface area (TPSA) is 28.2 Å². The van der Waals surface area contributed by atoms with Gasteiger partial charge in [0.1, 0.15) is 5.01 Å². The van der Waals surface area contributed by atoms with E-state index in [0.717, 1.165) is 25.0 Å². The van der Waals surface area contributed by atoms with Crippen LogP contribution in [-0.2, 0) is 13.1 Å². The van der Waals surface area contributed by atoms with Crippen LogP contribution in [0.15, 0.2) is 5.38 Å². The van der Waals surface area contributed by atoms with Crippen LogP contribution >= 0.6 is 11.3 Å². The highest BCUT2D eigenvalue weighted by Crippen LogP contribution is 2.24. The number of nitrogens with zero attached hydrogens (tertiary/aromatic N) is 2. The second-order valence-corrected chi connectivity index (χ2v) is 7.29. The van der Waals surface area contributed by atoms with Gasteiger partial charge >= 0.3 is 0 Å². The number of likely N-dealkylation sites (tertiary alicyclic amines) is 1. The van der Waals surface area contributed by atoms with E-state index < -0.39 is 0 Å². The summed E-state index contributed by atoms with van der Waals surface area (Å²) in [5, 5.41) is 7.04. The third-order valence-corrected chi connectivity index (χ3v) is 5.23. The molecule has 4 heteroatoms. The Morgan fingerprint density at radius 1 is 1.32 bits per heavy atom.